The molecule has 0 aliphatic carbocycles. The summed E-state index contributed by atoms with van der Waals surface area (Å²) in [4.78, 5) is 2.07. The highest BCUT2D eigenvalue weighted by Crippen LogP contribution is 2.48. The van der Waals surface area contributed by atoms with Crippen LogP contribution >= 0.6 is 0 Å². The molecule has 1 N–H and O–H groups in total. The number of methoxy groups -OCH3 is 2. The smallest absolute Gasteiger partial charge is 0.178 e. The maximum atomic E-state index is 10.2. The predicted octanol–water partition coefficient (Wildman–Crippen LogP) is 5.76. The monoisotopic (exact) mass is 467 g/mol. The molecule has 178 valence electrons. The van der Waals surface area contributed by atoms with Crippen LogP contribution in [0.3, 0.4) is 0 Å². The Kier molecular flexibility index (Phi) is 5.87. The van der Waals surface area contributed by atoms with Gasteiger partial charge in [0.2, 0.25) is 0 Å². The number of rotatable bonds is 6. The molecule has 0 bridgehead atoms. The first kappa shape index (κ1) is 22.8. The fourth-order valence-corrected chi connectivity index (χ4v) is 4.76. The van der Waals surface area contributed by atoms with E-state index in [2.05, 4.69) is 53.5 Å². The van der Waals surface area contributed by atoms with E-state index in [0.717, 1.165) is 38.7 Å². The number of anilines is 1. The molecule has 0 radical (unpaired) electrons. The van der Waals surface area contributed by atoms with Gasteiger partial charge in [-0.3, -0.25) is 0 Å². The second-order valence-electron chi connectivity index (χ2n) is 8.84. The lowest BCUT2D eigenvalue weighted by molar-refractivity contribution is 0.163. The molecule has 1 aliphatic heterocycles. The molecule has 5 rings (SSSR count). The van der Waals surface area contributed by atoms with Crippen molar-refractivity contribution in [2.45, 2.75) is 12.2 Å². The standard InChI is InChI=1S/C30H29NO4/c1-31(2)23-12-10-22(11-13-23)30(21-8-6-5-7-9-21)15-14-25-20(19-32)16-26-27(29(25)35-30)17-24(33-3)18-28(26)34-4/h5-18,32H,19H2,1-4H3. The fraction of sp³-hybridized carbons (Fsp3) is 0.200. The normalized spacial score (nSPS) is 16.5. The van der Waals surface area contributed by atoms with Crippen LogP contribution in [0, 0.1) is 0 Å². The maximum Gasteiger partial charge on any atom is 0.178 e. The van der Waals surface area contributed by atoms with Crippen LogP contribution in [0.1, 0.15) is 22.3 Å². The lowest BCUT2D eigenvalue weighted by Crippen LogP contribution is -2.34. The molecule has 0 fully saturated rings. The summed E-state index contributed by atoms with van der Waals surface area (Å²) >= 11 is 0. The molecule has 1 atom stereocenters. The first-order valence-electron chi connectivity index (χ1n) is 11.5. The lowest BCUT2D eigenvalue weighted by atomic mass is 9.82. The fourth-order valence-electron chi connectivity index (χ4n) is 4.76. The highest BCUT2D eigenvalue weighted by Gasteiger charge is 2.38. The van der Waals surface area contributed by atoms with E-state index < -0.39 is 5.60 Å². The summed E-state index contributed by atoms with van der Waals surface area (Å²) in [5, 5.41) is 11.9. The van der Waals surface area contributed by atoms with Crippen molar-refractivity contribution in [2.75, 3.05) is 33.2 Å². The number of fused-ring (bicyclic) bond motifs is 3. The molecule has 35 heavy (non-hydrogen) atoms. The molecule has 4 aromatic carbocycles. The average molecular weight is 468 g/mol. The van der Waals surface area contributed by atoms with Crippen LogP contribution in [0.15, 0.2) is 78.9 Å². The van der Waals surface area contributed by atoms with Gasteiger partial charge in [0.1, 0.15) is 17.2 Å². The van der Waals surface area contributed by atoms with E-state index in [1.54, 1.807) is 14.2 Å². The van der Waals surface area contributed by atoms with E-state index in [4.69, 9.17) is 14.2 Å². The number of aliphatic hydroxyl groups is 1. The van der Waals surface area contributed by atoms with Gasteiger partial charge in [-0.25, -0.2) is 0 Å². The molecular weight excluding hydrogens is 438 g/mol. The molecule has 4 aromatic rings. The highest BCUT2D eigenvalue weighted by atomic mass is 16.5. The Bertz CT molecular complexity index is 1390. The van der Waals surface area contributed by atoms with Gasteiger partial charge < -0.3 is 24.2 Å². The van der Waals surface area contributed by atoms with Gasteiger partial charge in [0.25, 0.3) is 0 Å². The number of ether oxygens (including phenoxy) is 3. The Labute approximate surface area is 205 Å². The van der Waals surface area contributed by atoms with Crippen LogP contribution in [0.25, 0.3) is 16.8 Å². The minimum absolute atomic E-state index is 0.114. The van der Waals surface area contributed by atoms with Gasteiger partial charge in [0, 0.05) is 53.3 Å². The first-order valence-corrected chi connectivity index (χ1v) is 11.5. The second kappa shape index (κ2) is 9.01. The summed E-state index contributed by atoms with van der Waals surface area (Å²) in [7, 11) is 7.32. The summed E-state index contributed by atoms with van der Waals surface area (Å²) in [6.45, 7) is -0.114. The SMILES string of the molecule is COc1cc(OC)c2cc(CO)c3c(c2c1)OC(c1ccccc1)(c1ccc(N(C)C)cc1)C=C3. The van der Waals surface area contributed by atoms with E-state index in [-0.39, 0.29) is 6.61 Å². The molecule has 1 unspecified atom stereocenters. The van der Waals surface area contributed by atoms with Crippen molar-refractivity contribution in [1.29, 1.82) is 0 Å². The molecule has 0 saturated carbocycles. The molecule has 0 amide bonds. The number of hydrogen-bond acceptors (Lipinski definition) is 5. The Hall–Kier alpha value is -3.96. The van der Waals surface area contributed by atoms with Crippen LogP contribution in [-0.4, -0.2) is 33.4 Å². The van der Waals surface area contributed by atoms with E-state index in [9.17, 15) is 5.11 Å². The van der Waals surface area contributed by atoms with E-state index >= 15 is 0 Å². The van der Waals surface area contributed by atoms with Crippen molar-refractivity contribution in [2.24, 2.45) is 0 Å². The Balaban J connectivity index is 1.79. The minimum Gasteiger partial charge on any atom is -0.497 e. The molecule has 0 aromatic heterocycles. The molecule has 5 nitrogen and oxygen atoms in total. The van der Waals surface area contributed by atoms with Crippen LogP contribution in [0.2, 0.25) is 0 Å². The van der Waals surface area contributed by atoms with E-state index in [1.807, 2.05) is 50.5 Å². The van der Waals surface area contributed by atoms with Crippen molar-refractivity contribution < 1.29 is 19.3 Å². The first-order chi connectivity index (χ1) is 17.0. The average Bonchev–Trinajstić information content (AvgIpc) is 2.92. The predicted molar refractivity (Wildman–Crippen MR) is 141 cm³/mol. The van der Waals surface area contributed by atoms with Gasteiger partial charge in [-0.2, -0.15) is 0 Å². The number of benzene rings is 4. The van der Waals surface area contributed by atoms with Gasteiger partial charge in [0.05, 0.1) is 20.8 Å². The Morgan fingerprint density at radius 3 is 2.20 bits per heavy atom. The van der Waals surface area contributed by atoms with Crippen LogP contribution < -0.4 is 19.1 Å². The van der Waals surface area contributed by atoms with Crippen molar-refractivity contribution >= 4 is 22.5 Å². The number of hydrogen-bond donors (Lipinski definition) is 1. The van der Waals surface area contributed by atoms with Crippen molar-refractivity contribution in [3.05, 3.63) is 101 Å². The second-order valence-corrected chi connectivity index (χ2v) is 8.84. The van der Waals surface area contributed by atoms with Gasteiger partial charge in [-0.05, 0) is 35.9 Å². The van der Waals surface area contributed by atoms with Gasteiger partial charge >= 0.3 is 0 Å². The third-order valence-electron chi connectivity index (χ3n) is 6.66. The van der Waals surface area contributed by atoms with E-state index in [0.29, 0.717) is 17.2 Å². The van der Waals surface area contributed by atoms with Crippen molar-refractivity contribution in [1.82, 2.24) is 0 Å². The van der Waals surface area contributed by atoms with Crippen molar-refractivity contribution in [3.63, 3.8) is 0 Å². The molecular formula is C30H29NO4. The van der Waals surface area contributed by atoms with Crippen LogP contribution in [0.4, 0.5) is 5.69 Å². The minimum atomic E-state index is -0.851. The molecule has 0 spiro atoms. The third kappa shape index (κ3) is 3.78. The van der Waals surface area contributed by atoms with Crippen LogP contribution in [-0.2, 0) is 12.2 Å². The largest absolute Gasteiger partial charge is 0.497 e. The molecule has 1 aliphatic rings. The molecule has 5 heteroatoms. The lowest BCUT2D eigenvalue weighted by Gasteiger charge is -2.37. The van der Waals surface area contributed by atoms with Gasteiger partial charge in [0.15, 0.2) is 5.60 Å². The zero-order valence-electron chi connectivity index (χ0n) is 20.4. The maximum absolute atomic E-state index is 10.2. The highest BCUT2D eigenvalue weighted by molar-refractivity contribution is 5.98. The van der Waals surface area contributed by atoms with Gasteiger partial charge in [-0.1, -0.05) is 48.5 Å². The van der Waals surface area contributed by atoms with Gasteiger partial charge in [-0.15, -0.1) is 0 Å². The van der Waals surface area contributed by atoms with Crippen molar-refractivity contribution in [3.8, 4) is 17.2 Å². The summed E-state index contributed by atoms with van der Waals surface area (Å²) in [6.07, 6.45) is 4.14. The Morgan fingerprint density at radius 1 is 0.857 bits per heavy atom. The summed E-state index contributed by atoms with van der Waals surface area (Å²) in [6, 6.07) is 24.4. The topological polar surface area (TPSA) is 51.2 Å². The van der Waals surface area contributed by atoms with Crippen LogP contribution in [0.5, 0.6) is 17.2 Å². The third-order valence-corrected chi connectivity index (χ3v) is 6.66. The zero-order chi connectivity index (χ0) is 24.6. The molecule has 0 saturated heterocycles. The number of nitrogens with zero attached hydrogens (tertiary/aromatic N) is 1. The zero-order valence-corrected chi connectivity index (χ0v) is 20.4. The molecule has 1 heterocycles. The Morgan fingerprint density at radius 2 is 1.57 bits per heavy atom. The summed E-state index contributed by atoms with van der Waals surface area (Å²) in [5.41, 5.74) is 3.91. The van der Waals surface area contributed by atoms with E-state index in [1.165, 1.54) is 0 Å². The quantitative estimate of drug-likeness (QED) is 0.390. The summed E-state index contributed by atoms with van der Waals surface area (Å²) < 4.78 is 18.3. The number of aliphatic hydroxyl groups excluding tert-OH is 1. The summed E-state index contributed by atoms with van der Waals surface area (Å²) in [5.74, 6) is 2.02.